The summed E-state index contributed by atoms with van der Waals surface area (Å²) in [6, 6.07) is 16.5. The average molecular weight is 496 g/mol. The predicted octanol–water partition coefficient (Wildman–Crippen LogP) is 5.16. The Labute approximate surface area is 206 Å². The highest BCUT2D eigenvalue weighted by Crippen LogP contribution is 2.37. The van der Waals surface area contributed by atoms with Crippen molar-refractivity contribution in [1.82, 2.24) is 19.6 Å². The summed E-state index contributed by atoms with van der Waals surface area (Å²) in [7, 11) is 1.42. The highest BCUT2D eigenvalue weighted by Gasteiger charge is 2.19. The quantitative estimate of drug-likeness (QED) is 0.398. The Morgan fingerprint density at radius 1 is 1.00 bits per heavy atom. The topological polar surface area (TPSA) is 72.3 Å². The Morgan fingerprint density at radius 2 is 1.74 bits per heavy atom. The Kier molecular flexibility index (Phi) is 6.41. The van der Waals surface area contributed by atoms with Crippen molar-refractivity contribution in [3.63, 3.8) is 0 Å². The number of nitrogens with zero attached hydrogens (tertiary/aromatic N) is 4. The number of anilines is 2. The molecule has 0 aliphatic carbocycles. The number of halogens is 2. The normalized spacial score (nSPS) is 14.0. The van der Waals surface area contributed by atoms with Crippen LogP contribution in [-0.2, 0) is 6.54 Å². The minimum absolute atomic E-state index is 0.299. The second-order valence-corrected chi connectivity index (χ2v) is 9.00. The molecular weight excluding hydrogens is 473 g/mol. The first-order valence-electron chi connectivity index (χ1n) is 11.0. The minimum atomic E-state index is -0.344. The van der Waals surface area contributed by atoms with Gasteiger partial charge >= 0.3 is 0 Å². The van der Waals surface area contributed by atoms with E-state index in [1.807, 2.05) is 12.1 Å². The van der Waals surface area contributed by atoms with Crippen molar-refractivity contribution in [2.45, 2.75) is 19.4 Å². The molecule has 4 aromatic rings. The fraction of sp³-hybridized carbons (Fsp3) is 0.240. The predicted molar refractivity (Wildman–Crippen MR) is 136 cm³/mol. The number of hydrogen-bond donors (Lipinski definition) is 1. The maximum Gasteiger partial charge on any atom is 0.285 e. The molecule has 0 bridgehead atoms. The van der Waals surface area contributed by atoms with Crippen LogP contribution in [0.1, 0.15) is 18.4 Å². The number of pyridine rings is 1. The van der Waals surface area contributed by atoms with Crippen molar-refractivity contribution in [3.05, 3.63) is 80.6 Å². The molecule has 174 valence electrons. The lowest BCUT2D eigenvalue weighted by molar-refractivity contribution is 0.167. The zero-order valence-corrected chi connectivity index (χ0v) is 20.1. The minimum Gasteiger partial charge on any atom is -0.412 e. The van der Waals surface area contributed by atoms with Crippen LogP contribution in [0.4, 0.5) is 11.6 Å². The summed E-state index contributed by atoms with van der Waals surface area (Å²) in [6.07, 6.45) is 2.49. The van der Waals surface area contributed by atoms with Crippen LogP contribution in [-0.4, -0.2) is 39.8 Å². The second kappa shape index (κ2) is 9.62. The van der Waals surface area contributed by atoms with Crippen molar-refractivity contribution in [3.8, 4) is 11.3 Å². The lowest BCUT2D eigenvalue weighted by Gasteiger charge is -2.16. The molecule has 1 fully saturated rings. The molecule has 0 amide bonds. The van der Waals surface area contributed by atoms with Gasteiger partial charge in [-0.1, -0.05) is 41.4 Å². The molecule has 0 atom stereocenters. The van der Waals surface area contributed by atoms with Gasteiger partial charge in [0.1, 0.15) is 7.11 Å². The van der Waals surface area contributed by atoms with E-state index in [0.29, 0.717) is 38.3 Å². The smallest absolute Gasteiger partial charge is 0.285 e. The van der Waals surface area contributed by atoms with Crippen molar-refractivity contribution < 1.29 is 4.84 Å². The molecule has 34 heavy (non-hydrogen) atoms. The third-order valence-electron chi connectivity index (χ3n) is 5.88. The molecule has 9 heteroatoms. The summed E-state index contributed by atoms with van der Waals surface area (Å²) in [5.41, 5.74) is 3.08. The van der Waals surface area contributed by atoms with E-state index >= 15 is 0 Å². The van der Waals surface area contributed by atoms with Crippen LogP contribution >= 0.6 is 23.2 Å². The van der Waals surface area contributed by atoms with Crippen molar-refractivity contribution in [2.24, 2.45) is 0 Å². The molecule has 2 aromatic heterocycles. The first-order chi connectivity index (χ1) is 16.5. The lowest BCUT2D eigenvalue weighted by atomic mass is 10.1. The maximum atomic E-state index is 12.4. The summed E-state index contributed by atoms with van der Waals surface area (Å²) in [4.78, 5) is 29.5. The summed E-state index contributed by atoms with van der Waals surface area (Å²) in [6.45, 7) is 3.15. The number of nitrogens with one attached hydrogen (secondary N) is 1. The van der Waals surface area contributed by atoms with Gasteiger partial charge in [0.2, 0.25) is 5.95 Å². The van der Waals surface area contributed by atoms with E-state index in [1.54, 1.807) is 24.3 Å². The molecule has 0 radical (unpaired) electrons. The zero-order chi connectivity index (χ0) is 23.7. The third-order valence-corrected chi connectivity index (χ3v) is 6.51. The van der Waals surface area contributed by atoms with Crippen LogP contribution in [0.2, 0.25) is 10.0 Å². The Balaban J connectivity index is 1.61. The summed E-state index contributed by atoms with van der Waals surface area (Å²) in [5, 5.41) is 4.76. The fourth-order valence-corrected chi connectivity index (χ4v) is 4.89. The summed E-state index contributed by atoms with van der Waals surface area (Å²) < 4.78 is 1.13. The van der Waals surface area contributed by atoms with E-state index in [4.69, 9.17) is 33.0 Å². The van der Waals surface area contributed by atoms with Crippen LogP contribution in [0, 0.1) is 0 Å². The van der Waals surface area contributed by atoms with Crippen LogP contribution in [0.25, 0.3) is 22.3 Å². The number of hydrogen-bond acceptors (Lipinski definition) is 6. The Morgan fingerprint density at radius 3 is 2.47 bits per heavy atom. The van der Waals surface area contributed by atoms with Crippen molar-refractivity contribution in [2.75, 3.05) is 25.5 Å². The number of aromatic nitrogens is 3. The highest BCUT2D eigenvalue weighted by molar-refractivity contribution is 6.39. The number of rotatable bonds is 6. The van der Waals surface area contributed by atoms with E-state index in [1.165, 1.54) is 31.6 Å². The van der Waals surface area contributed by atoms with Gasteiger partial charge in [-0.15, -0.1) is 4.73 Å². The first-order valence-corrected chi connectivity index (χ1v) is 11.8. The number of benzene rings is 2. The van der Waals surface area contributed by atoms with Gasteiger partial charge in [0.25, 0.3) is 5.56 Å². The lowest BCUT2D eigenvalue weighted by Crippen LogP contribution is -2.25. The van der Waals surface area contributed by atoms with Crippen LogP contribution < -0.4 is 15.7 Å². The van der Waals surface area contributed by atoms with Gasteiger partial charge in [0, 0.05) is 29.2 Å². The van der Waals surface area contributed by atoms with E-state index in [-0.39, 0.29) is 5.56 Å². The van der Waals surface area contributed by atoms with Gasteiger partial charge < -0.3 is 10.2 Å². The molecule has 1 saturated heterocycles. The summed E-state index contributed by atoms with van der Waals surface area (Å²) in [5.74, 6) is 0.299. The van der Waals surface area contributed by atoms with Crippen LogP contribution in [0.3, 0.4) is 0 Å². The molecule has 1 N–H and O–H groups in total. The SMILES string of the molecule is COn1c(=O)ccc2c(-c3c(Cl)cccc3Cl)nc(Nc3cccc(CN4CCCC4)c3)nc21. The average Bonchev–Trinajstić information content (AvgIpc) is 3.32. The molecule has 3 heterocycles. The van der Waals surface area contributed by atoms with E-state index in [0.717, 1.165) is 30.1 Å². The molecule has 0 unspecified atom stereocenters. The van der Waals surface area contributed by atoms with Gasteiger partial charge in [-0.05, 0) is 61.8 Å². The van der Waals surface area contributed by atoms with Gasteiger partial charge in [-0.25, -0.2) is 4.98 Å². The molecule has 7 nitrogen and oxygen atoms in total. The molecule has 1 aliphatic rings. The van der Waals surface area contributed by atoms with E-state index in [9.17, 15) is 4.79 Å². The standard InChI is InChI=1S/C25H23Cl2N5O2/c1-34-32-21(33)11-10-18-23(22-19(26)8-5-9-20(22)27)29-25(30-24(18)32)28-17-7-4-6-16(14-17)15-31-12-2-3-13-31/h4-11,14H,2-3,12-13,15H2,1H3,(H,28,29,30). The second-order valence-electron chi connectivity index (χ2n) is 8.19. The van der Waals surface area contributed by atoms with Gasteiger partial charge in [0.05, 0.1) is 15.7 Å². The number of fused-ring (bicyclic) bond motifs is 1. The largest absolute Gasteiger partial charge is 0.412 e. The van der Waals surface area contributed by atoms with E-state index < -0.39 is 0 Å². The monoisotopic (exact) mass is 495 g/mol. The maximum absolute atomic E-state index is 12.4. The van der Waals surface area contributed by atoms with Crippen molar-refractivity contribution in [1.29, 1.82) is 0 Å². The molecule has 1 aliphatic heterocycles. The Hall–Kier alpha value is -3.13. The molecule has 0 saturated carbocycles. The van der Waals surface area contributed by atoms with Gasteiger partial charge in [0.15, 0.2) is 5.65 Å². The Bertz CT molecular complexity index is 1400. The van der Waals surface area contributed by atoms with Gasteiger partial charge in [-0.2, -0.15) is 4.98 Å². The zero-order valence-electron chi connectivity index (χ0n) is 18.6. The summed E-state index contributed by atoms with van der Waals surface area (Å²) >= 11 is 13.0. The number of likely N-dealkylation sites (tertiary alicyclic amines) is 1. The molecular formula is C25H23Cl2N5O2. The third kappa shape index (κ3) is 4.46. The fourth-order valence-electron chi connectivity index (χ4n) is 4.31. The molecule has 2 aromatic carbocycles. The van der Waals surface area contributed by atoms with Crippen LogP contribution in [0.5, 0.6) is 0 Å². The molecule has 5 rings (SSSR count). The highest BCUT2D eigenvalue weighted by atomic mass is 35.5. The van der Waals surface area contributed by atoms with Crippen molar-refractivity contribution >= 4 is 45.9 Å². The first kappa shape index (κ1) is 22.7. The van der Waals surface area contributed by atoms with Gasteiger partial charge in [-0.3, -0.25) is 9.69 Å². The van der Waals surface area contributed by atoms with E-state index in [2.05, 4.69) is 27.3 Å². The van der Waals surface area contributed by atoms with Crippen LogP contribution in [0.15, 0.2) is 59.4 Å². The molecule has 0 spiro atoms.